The highest BCUT2D eigenvalue weighted by atomic mass is 16.4. The zero-order valence-corrected chi connectivity index (χ0v) is 11.5. The first-order valence-electron chi connectivity index (χ1n) is 6.56. The van der Waals surface area contributed by atoms with Crippen LogP contribution in [0.2, 0.25) is 0 Å². The minimum Gasteiger partial charge on any atom is -0.481 e. The highest BCUT2D eigenvalue weighted by Gasteiger charge is 2.28. The van der Waals surface area contributed by atoms with Crippen molar-refractivity contribution in [2.45, 2.75) is 39.5 Å². The number of hydrogen-bond donors (Lipinski definition) is 3. The van der Waals surface area contributed by atoms with Crippen molar-refractivity contribution >= 4 is 17.8 Å². The molecule has 0 aromatic carbocycles. The number of amides is 2. The molecule has 1 aliphatic heterocycles. The van der Waals surface area contributed by atoms with E-state index in [1.54, 1.807) is 0 Å². The van der Waals surface area contributed by atoms with Crippen LogP contribution in [0, 0.1) is 11.3 Å². The van der Waals surface area contributed by atoms with Crippen LogP contribution in [0.3, 0.4) is 0 Å². The number of aliphatic carboxylic acids is 1. The Morgan fingerprint density at radius 1 is 1.42 bits per heavy atom. The summed E-state index contributed by atoms with van der Waals surface area (Å²) in [5.41, 5.74) is -0.116. The topological polar surface area (TPSA) is 95.5 Å². The molecule has 0 bridgehead atoms. The van der Waals surface area contributed by atoms with Crippen LogP contribution in [0.5, 0.6) is 0 Å². The van der Waals surface area contributed by atoms with Crippen LogP contribution in [0.4, 0.5) is 0 Å². The summed E-state index contributed by atoms with van der Waals surface area (Å²) in [5.74, 6) is -1.25. The van der Waals surface area contributed by atoms with E-state index in [9.17, 15) is 14.4 Å². The van der Waals surface area contributed by atoms with Gasteiger partial charge in [-0.2, -0.15) is 0 Å². The van der Waals surface area contributed by atoms with Crippen molar-refractivity contribution in [3.8, 4) is 0 Å². The third-order valence-electron chi connectivity index (χ3n) is 3.46. The molecule has 6 nitrogen and oxygen atoms in total. The van der Waals surface area contributed by atoms with E-state index in [2.05, 4.69) is 10.6 Å². The second-order valence-corrected chi connectivity index (χ2v) is 5.80. The molecule has 1 aliphatic rings. The first-order valence-corrected chi connectivity index (χ1v) is 6.56. The molecule has 0 aromatic rings. The van der Waals surface area contributed by atoms with Gasteiger partial charge >= 0.3 is 5.97 Å². The van der Waals surface area contributed by atoms with Gasteiger partial charge in [-0.15, -0.1) is 0 Å². The molecule has 0 radical (unpaired) electrons. The van der Waals surface area contributed by atoms with Gasteiger partial charge in [-0.3, -0.25) is 14.4 Å². The van der Waals surface area contributed by atoms with Gasteiger partial charge in [-0.1, -0.05) is 13.8 Å². The molecule has 108 valence electrons. The highest BCUT2D eigenvalue weighted by Crippen LogP contribution is 2.26. The number of hydrogen-bond acceptors (Lipinski definition) is 3. The second kappa shape index (κ2) is 6.54. The van der Waals surface area contributed by atoms with E-state index in [0.29, 0.717) is 19.5 Å². The number of nitrogens with one attached hydrogen (secondary N) is 2. The summed E-state index contributed by atoms with van der Waals surface area (Å²) in [6.45, 7) is 4.90. The standard InChI is InChI=1S/C13H22N2O4/c1-13(2,4-3-11(17)18)5-6-14-12(19)9-7-10(16)15-8-9/h9H,3-8H2,1-2H3,(H,14,19)(H,15,16)(H,17,18). The Bertz CT molecular complexity index is 366. The molecular weight excluding hydrogens is 248 g/mol. The van der Waals surface area contributed by atoms with Crippen LogP contribution >= 0.6 is 0 Å². The summed E-state index contributed by atoms with van der Waals surface area (Å²) < 4.78 is 0. The van der Waals surface area contributed by atoms with E-state index < -0.39 is 5.97 Å². The lowest BCUT2D eigenvalue weighted by Gasteiger charge is -2.24. The lowest BCUT2D eigenvalue weighted by Crippen LogP contribution is -2.34. The number of carboxylic acids is 1. The summed E-state index contributed by atoms with van der Waals surface area (Å²) >= 11 is 0. The molecule has 2 amide bonds. The molecule has 6 heteroatoms. The van der Waals surface area contributed by atoms with Gasteiger partial charge in [-0.25, -0.2) is 0 Å². The zero-order valence-electron chi connectivity index (χ0n) is 11.5. The van der Waals surface area contributed by atoms with E-state index in [1.165, 1.54) is 0 Å². The molecule has 1 atom stereocenters. The molecule has 1 rings (SSSR count). The lowest BCUT2D eigenvalue weighted by atomic mass is 9.84. The van der Waals surface area contributed by atoms with Crippen molar-refractivity contribution in [3.05, 3.63) is 0 Å². The van der Waals surface area contributed by atoms with Gasteiger partial charge in [-0.05, 0) is 18.3 Å². The largest absolute Gasteiger partial charge is 0.481 e. The average Bonchev–Trinajstić information content (AvgIpc) is 2.73. The van der Waals surface area contributed by atoms with Gasteiger partial charge in [0.2, 0.25) is 11.8 Å². The minimum atomic E-state index is -0.798. The zero-order chi connectivity index (χ0) is 14.5. The molecule has 0 spiro atoms. The molecular formula is C13H22N2O4. The predicted octanol–water partition coefficient (Wildman–Crippen LogP) is 0.520. The van der Waals surface area contributed by atoms with E-state index in [1.807, 2.05) is 13.8 Å². The van der Waals surface area contributed by atoms with Crippen LogP contribution < -0.4 is 10.6 Å². The third kappa shape index (κ3) is 5.72. The Kier molecular flexibility index (Phi) is 5.32. The normalized spacial score (nSPS) is 19.1. The Hall–Kier alpha value is -1.59. The summed E-state index contributed by atoms with van der Waals surface area (Å²) in [4.78, 5) is 33.3. The van der Waals surface area contributed by atoms with Gasteiger partial charge in [0.05, 0.1) is 5.92 Å². The van der Waals surface area contributed by atoms with E-state index in [0.717, 1.165) is 6.42 Å². The molecule has 1 unspecified atom stereocenters. The maximum Gasteiger partial charge on any atom is 0.303 e. The van der Waals surface area contributed by atoms with Gasteiger partial charge in [0.25, 0.3) is 0 Å². The maximum absolute atomic E-state index is 11.7. The van der Waals surface area contributed by atoms with Crippen LogP contribution in [-0.2, 0) is 14.4 Å². The Morgan fingerprint density at radius 2 is 2.11 bits per heavy atom. The average molecular weight is 270 g/mol. The number of carbonyl (C=O) groups is 3. The molecule has 19 heavy (non-hydrogen) atoms. The SMILES string of the molecule is CC(C)(CCNC(=O)C1CNC(=O)C1)CCC(=O)O. The monoisotopic (exact) mass is 270 g/mol. The van der Waals surface area contributed by atoms with Crippen molar-refractivity contribution in [1.29, 1.82) is 0 Å². The molecule has 1 saturated heterocycles. The fourth-order valence-electron chi connectivity index (χ4n) is 2.03. The van der Waals surface area contributed by atoms with Crippen LogP contribution in [-0.4, -0.2) is 36.0 Å². The quantitative estimate of drug-likeness (QED) is 0.628. The van der Waals surface area contributed by atoms with E-state index in [4.69, 9.17) is 5.11 Å². The minimum absolute atomic E-state index is 0.0815. The van der Waals surface area contributed by atoms with Crippen molar-refractivity contribution in [2.24, 2.45) is 11.3 Å². The Labute approximate surface area is 112 Å². The van der Waals surface area contributed by atoms with Crippen molar-refractivity contribution in [2.75, 3.05) is 13.1 Å². The van der Waals surface area contributed by atoms with Crippen molar-refractivity contribution in [1.82, 2.24) is 10.6 Å². The summed E-state index contributed by atoms with van der Waals surface area (Å²) in [7, 11) is 0. The first kappa shape index (κ1) is 15.5. The van der Waals surface area contributed by atoms with Gasteiger partial charge in [0.1, 0.15) is 0 Å². The molecule has 0 saturated carbocycles. The first-order chi connectivity index (χ1) is 8.80. The Balaban J connectivity index is 2.23. The molecule has 0 aliphatic carbocycles. The van der Waals surface area contributed by atoms with Crippen molar-refractivity contribution in [3.63, 3.8) is 0 Å². The Morgan fingerprint density at radius 3 is 2.63 bits per heavy atom. The van der Waals surface area contributed by atoms with Crippen molar-refractivity contribution < 1.29 is 19.5 Å². The smallest absolute Gasteiger partial charge is 0.303 e. The molecule has 0 aromatic heterocycles. The molecule has 3 N–H and O–H groups in total. The van der Waals surface area contributed by atoms with E-state index in [-0.39, 0.29) is 36.0 Å². The van der Waals surface area contributed by atoms with E-state index >= 15 is 0 Å². The van der Waals surface area contributed by atoms with Crippen LogP contribution in [0.1, 0.15) is 39.5 Å². The number of rotatable bonds is 7. The fraction of sp³-hybridized carbons (Fsp3) is 0.769. The van der Waals surface area contributed by atoms with Gasteiger partial charge in [0, 0.05) is 25.9 Å². The number of carboxylic acid groups (broad SMARTS) is 1. The molecule has 1 fully saturated rings. The number of carbonyl (C=O) groups excluding carboxylic acids is 2. The maximum atomic E-state index is 11.7. The van der Waals surface area contributed by atoms with Gasteiger partial charge < -0.3 is 15.7 Å². The predicted molar refractivity (Wildman–Crippen MR) is 69.4 cm³/mol. The van der Waals surface area contributed by atoms with Gasteiger partial charge in [0.15, 0.2) is 0 Å². The van der Waals surface area contributed by atoms with Crippen LogP contribution in [0.25, 0.3) is 0 Å². The summed E-state index contributed by atoms with van der Waals surface area (Å²) in [6, 6.07) is 0. The molecule has 1 heterocycles. The van der Waals surface area contributed by atoms with Crippen LogP contribution in [0.15, 0.2) is 0 Å². The fourth-order valence-corrected chi connectivity index (χ4v) is 2.03. The summed E-state index contributed by atoms with van der Waals surface area (Å²) in [6.07, 6.45) is 1.71. The highest BCUT2D eigenvalue weighted by molar-refractivity contribution is 5.89. The third-order valence-corrected chi connectivity index (χ3v) is 3.46. The summed E-state index contributed by atoms with van der Waals surface area (Å²) in [5, 5.41) is 14.1. The lowest BCUT2D eigenvalue weighted by molar-refractivity contribution is -0.137. The second-order valence-electron chi connectivity index (χ2n) is 5.80.